The molecule has 1 saturated heterocycles. The van der Waals surface area contributed by atoms with E-state index in [1.165, 1.54) is 5.56 Å². The number of amides is 1. The molecule has 0 N–H and O–H groups in total. The molecule has 0 spiro atoms. The van der Waals surface area contributed by atoms with Crippen molar-refractivity contribution in [2.75, 3.05) is 46.3 Å². The molecule has 2 rings (SSSR count). The van der Waals surface area contributed by atoms with Gasteiger partial charge in [0.05, 0.1) is 0 Å². The molecule has 0 bridgehead atoms. The maximum Gasteiger partial charge on any atom is 0.223 e. The van der Waals surface area contributed by atoms with Crippen LogP contribution < -0.4 is 0 Å². The highest BCUT2D eigenvalue weighted by atomic mass is 16.2. The molecule has 1 aromatic rings. The Morgan fingerprint density at radius 2 is 1.71 bits per heavy atom. The van der Waals surface area contributed by atoms with Crippen molar-refractivity contribution in [1.29, 1.82) is 0 Å². The van der Waals surface area contributed by atoms with Crippen LogP contribution in [0.4, 0.5) is 0 Å². The molecular weight excluding hydrogens is 262 g/mol. The first-order valence-corrected chi connectivity index (χ1v) is 7.91. The second-order valence-electron chi connectivity index (χ2n) is 5.76. The molecule has 1 aliphatic rings. The van der Waals surface area contributed by atoms with Gasteiger partial charge in [0.2, 0.25) is 5.91 Å². The van der Waals surface area contributed by atoms with E-state index in [-0.39, 0.29) is 5.91 Å². The third-order valence-electron chi connectivity index (χ3n) is 4.24. The lowest BCUT2D eigenvalue weighted by molar-refractivity contribution is -0.130. The summed E-state index contributed by atoms with van der Waals surface area (Å²) < 4.78 is 0. The second-order valence-corrected chi connectivity index (χ2v) is 5.76. The Labute approximate surface area is 128 Å². The van der Waals surface area contributed by atoms with Crippen LogP contribution in [-0.2, 0) is 11.3 Å². The highest BCUT2D eigenvalue weighted by Crippen LogP contribution is 2.06. The van der Waals surface area contributed by atoms with Gasteiger partial charge in [-0.15, -0.1) is 0 Å². The van der Waals surface area contributed by atoms with Crippen molar-refractivity contribution < 1.29 is 4.79 Å². The topological polar surface area (TPSA) is 26.8 Å². The molecule has 1 heterocycles. The smallest absolute Gasteiger partial charge is 0.223 e. The van der Waals surface area contributed by atoms with E-state index in [2.05, 4.69) is 28.9 Å². The maximum absolute atomic E-state index is 12.2. The van der Waals surface area contributed by atoms with Crippen molar-refractivity contribution in [3.05, 3.63) is 35.9 Å². The lowest BCUT2D eigenvalue weighted by Crippen LogP contribution is -2.47. The van der Waals surface area contributed by atoms with E-state index < -0.39 is 0 Å². The van der Waals surface area contributed by atoms with E-state index in [1.807, 2.05) is 30.1 Å². The van der Waals surface area contributed by atoms with Gasteiger partial charge >= 0.3 is 0 Å². The van der Waals surface area contributed by atoms with Crippen molar-refractivity contribution in [2.45, 2.75) is 19.9 Å². The quantitative estimate of drug-likeness (QED) is 0.797. The summed E-state index contributed by atoms with van der Waals surface area (Å²) in [5.74, 6) is 0.233. The van der Waals surface area contributed by atoms with Crippen molar-refractivity contribution in [2.24, 2.45) is 0 Å². The number of hydrogen-bond acceptors (Lipinski definition) is 3. The van der Waals surface area contributed by atoms with Crippen LogP contribution in [0.3, 0.4) is 0 Å². The fraction of sp³-hybridized carbons (Fsp3) is 0.588. The molecule has 0 aliphatic carbocycles. The van der Waals surface area contributed by atoms with Gasteiger partial charge in [-0.25, -0.2) is 0 Å². The predicted molar refractivity (Wildman–Crippen MR) is 86.1 cm³/mol. The zero-order valence-electron chi connectivity index (χ0n) is 13.3. The number of hydrogen-bond donors (Lipinski definition) is 0. The lowest BCUT2D eigenvalue weighted by Gasteiger charge is -2.34. The normalized spacial score (nSPS) is 16.9. The van der Waals surface area contributed by atoms with Gasteiger partial charge in [-0.3, -0.25) is 4.79 Å². The van der Waals surface area contributed by atoms with Crippen LogP contribution in [-0.4, -0.2) is 66.9 Å². The Hall–Kier alpha value is -1.39. The molecule has 1 amide bonds. The summed E-state index contributed by atoms with van der Waals surface area (Å²) in [6.07, 6.45) is 0.620. The van der Waals surface area contributed by atoms with Crippen LogP contribution in [0.2, 0.25) is 0 Å². The number of carbonyl (C=O) groups is 1. The summed E-state index contributed by atoms with van der Waals surface area (Å²) in [5.41, 5.74) is 1.19. The minimum absolute atomic E-state index is 0.233. The molecule has 116 valence electrons. The van der Waals surface area contributed by atoms with Crippen LogP contribution in [0.1, 0.15) is 18.9 Å². The van der Waals surface area contributed by atoms with Crippen molar-refractivity contribution in [3.63, 3.8) is 0 Å². The van der Waals surface area contributed by atoms with Crippen molar-refractivity contribution >= 4 is 5.91 Å². The minimum atomic E-state index is 0.233. The maximum atomic E-state index is 12.2. The van der Waals surface area contributed by atoms with Gasteiger partial charge in [0, 0.05) is 52.7 Å². The molecule has 4 nitrogen and oxygen atoms in total. The fourth-order valence-electron chi connectivity index (χ4n) is 2.72. The number of likely N-dealkylation sites (N-methyl/N-ethyl adjacent to an activating group) is 1. The highest BCUT2D eigenvalue weighted by Gasteiger charge is 2.17. The van der Waals surface area contributed by atoms with Crippen LogP contribution in [0.25, 0.3) is 0 Å². The van der Waals surface area contributed by atoms with E-state index in [9.17, 15) is 4.79 Å². The molecule has 1 aromatic carbocycles. The van der Waals surface area contributed by atoms with Crippen LogP contribution >= 0.6 is 0 Å². The predicted octanol–water partition coefficient (Wildman–Crippen LogP) is 1.67. The molecule has 0 atom stereocenters. The number of rotatable bonds is 6. The lowest BCUT2D eigenvalue weighted by atomic mass is 10.2. The van der Waals surface area contributed by atoms with Gasteiger partial charge < -0.3 is 14.7 Å². The molecule has 1 fully saturated rings. The van der Waals surface area contributed by atoms with Gasteiger partial charge in [0.15, 0.2) is 0 Å². The second kappa shape index (κ2) is 8.15. The first kappa shape index (κ1) is 16.0. The van der Waals surface area contributed by atoms with E-state index in [0.717, 1.165) is 39.3 Å². The molecule has 4 heteroatoms. The zero-order chi connectivity index (χ0) is 15.1. The van der Waals surface area contributed by atoms with Crippen molar-refractivity contribution in [1.82, 2.24) is 14.7 Å². The molecule has 0 aromatic heterocycles. The highest BCUT2D eigenvalue weighted by molar-refractivity contribution is 5.76. The third kappa shape index (κ3) is 5.14. The average Bonchev–Trinajstić information content (AvgIpc) is 2.54. The third-order valence-corrected chi connectivity index (χ3v) is 4.24. The van der Waals surface area contributed by atoms with Gasteiger partial charge in [-0.05, 0) is 12.1 Å². The van der Waals surface area contributed by atoms with Gasteiger partial charge in [0.25, 0.3) is 0 Å². The fourth-order valence-corrected chi connectivity index (χ4v) is 2.72. The monoisotopic (exact) mass is 289 g/mol. The number of nitrogens with zero attached hydrogens (tertiary/aromatic N) is 3. The Morgan fingerprint density at radius 1 is 1.10 bits per heavy atom. The van der Waals surface area contributed by atoms with Crippen LogP contribution in [0.15, 0.2) is 30.3 Å². The van der Waals surface area contributed by atoms with E-state index in [1.54, 1.807) is 0 Å². The molecular formula is C17H27N3O. The molecule has 0 radical (unpaired) electrons. The molecule has 1 aliphatic heterocycles. The van der Waals surface area contributed by atoms with Gasteiger partial charge in [0.1, 0.15) is 0 Å². The Bertz CT molecular complexity index is 427. The number of benzene rings is 1. The Kier molecular flexibility index (Phi) is 6.21. The largest absolute Gasteiger partial charge is 0.341 e. The summed E-state index contributed by atoms with van der Waals surface area (Å²) in [6, 6.07) is 10.2. The van der Waals surface area contributed by atoms with E-state index in [4.69, 9.17) is 0 Å². The van der Waals surface area contributed by atoms with Gasteiger partial charge in [-0.1, -0.05) is 37.3 Å². The summed E-state index contributed by atoms with van der Waals surface area (Å²) in [5, 5.41) is 0. The Balaban J connectivity index is 1.69. The van der Waals surface area contributed by atoms with E-state index in [0.29, 0.717) is 13.0 Å². The van der Waals surface area contributed by atoms with Crippen LogP contribution in [0.5, 0.6) is 0 Å². The standard InChI is InChI=1S/C17H27N3O/c1-3-19-11-13-20(14-12-19)10-9-17(21)18(2)15-16-7-5-4-6-8-16/h4-8H,3,9-15H2,1-2H3. The minimum Gasteiger partial charge on any atom is -0.341 e. The summed E-state index contributed by atoms with van der Waals surface area (Å²) >= 11 is 0. The summed E-state index contributed by atoms with van der Waals surface area (Å²) in [6.45, 7) is 9.35. The van der Waals surface area contributed by atoms with E-state index >= 15 is 0 Å². The number of piperazine rings is 1. The summed E-state index contributed by atoms with van der Waals surface area (Å²) in [7, 11) is 1.89. The zero-order valence-corrected chi connectivity index (χ0v) is 13.3. The molecule has 0 saturated carbocycles. The SMILES string of the molecule is CCN1CCN(CCC(=O)N(C)Cc2ccccc2)CC1. The van der Waals surface area contributed by atoms with Crippen molar-refractivity contribution in [3.8, 4) is 0 Å². The summed E-state index contributed by atoms with van der Waals surface area (Å²) in [4.78, 5) is 18.9. The Morgan fingerprint density at radius 3 is 2.33 bits per heavy atom. The molecule has 21 heavy (non-hydrogen) atoms. The number of carbonyl (C=O) groups excluding carboxylic acids is 1. The van der Waals surface area contributed by atoms with Gasteiger partial charge in [-0.2, -0.15) is 0 Å². The molecule has 0 unspecified atom stereocenters. The first-order chi connectivity index (χ1) is 10.2. The van der Waals surface area contributed by atoms with Crippen LogP contribution in [0, 0.1) is 0 Å². The first-order valence-electron chi connectivity index (χ1n) is 7.91. The average molecular weight is 289 g/mol.